The van der Waals surface area contributed by atoms with Crippen LogP contribution in [0.2, 0.25) is 0 Å². The maximum atomic E-state index is 7.57. The van der Waals surface area contributed by atoms with Gasteiger partial charge in [0, 0.05) is 6.61 Å². The fraction of sp³-hybridized carbons (Fsp3) is 0.875. The van der Waals surface area contributed by atoms with Crippen molar-refractivity contribution in [2.24, 2.45) is 10.7 Å². The Morgan fingerprint density at radius 3 is 2.15 bits per heavy atom. The van der Waals surface area contributed by atoms with Crippen molar-refractivity contribution in [3.8, 4) is 0 Å². The Labute approximate surface area is 86.2 Å². The SMILES string of the molecule is CC(C)(CCN)N=C=N.CCO.Cl. The summed E-state index contributed by atoms with van der Waals surface area (Å²) in [6.07, 6.45) is 0.804. The average molecular weight is 210 g/mol. The van der Waals surface area contributed by atoms with Crippen LogP contribution < -0.4 is 5.73 Å². The third kappa shape index (κ3) is 18.5. The van der Waals surface area contributed by atoms with E-state index in [4.69, 9.17) is 16.2 Å². The second-order valence-electron chi connectivity index (χ2n) is 2.89. The second kappa shape index (κ2) is 11.6. The Morgan fingerprint density at radius 1 is 1.54 bits per heavy atom. The van der Waals surface area contributed by atoms with E-state index in [0.717, 1.165) is 6.42 Å². The number of nitrogens with two attached hydrogens (primary N) is 1. The van der Waals surface area contributed by atoms with E-state index in [1.165, 1.54) is 0 Å². The first-order valence-electron chi connectivity index (χ1n) is 3.98. The Bertz CT molecular complexity index is 144. The summed E-state index contributed by atoms with van der Waals surface area (Å²) in [5, 5.41) is 14.1. The number of nitrogens with one attached hydrogen (secondary N) is 1. The molecule has 4 nitrogen and oxygen atoms in total. The van der Waals surface area contributed by atoms with Crippen LogP contribution in [0.15, 0.2) is 4.99 Å². The first kappa shape index (κ1) is 18.4. The molecule has 0 aromatic rings. The highest BCUT2D eigenvalue weighted by Gasteiger charge is 2.12. The molecule has 0 aliphatic heterocycles. The van der Waals surface area contributed by atoms with Crippen molar-refractivity contribution in [3.63, 3.8) is 0 Å². The van der Waals surface area contributed by atoms with Gasteiger partial charge in [-0.1, -0.05) is 0 Å². The van der Waals surface area contributed by atoms with Crippen molar-refractivity contribution >= 4 is 18.4 Å². The summed E-state index contributed by atoms with van der Waals surface area (Å²) in [5.41, 5.74) is 5.10. The fourth-order valence-electron chi connectivity index (χ4n) is 0.560. The van der Waals surface area contributed by atoms with Crippen molar-refractivity contribution in [2.75, 3.05) is 13.2 Å². The van der Waals surface area contributed by atoms with Crippen LogP contribution in [0.1, 0.15) is 27.2 Å². The molecule has 5 heteroatoms. The van der Waals surface area contributed by atoms with Gasteiger partial charge in [0.2, 0.25) is 0 Å². The molecular weight excluding hydrogens is 190 g/mol. The minimum absolute atomic E-state index is 0. The topological polar surface area (TPSA) is 82.5 Å². The van der Waals surface area contributed by atoms with Crippen molar-refractivity contribution in [3.05, 3.63) is 0 Å². The van der Waals surface area contributed by atoms with E-state index in [-0.39, 0.29) is 24.6 Å². The summed E-state index contributed by atoms with van der Waals surface area (Å²) >= 11 is 0. The van der Waals surface area contributed by atoms with Crippen molar-refractivity contribution in [1.29, 1.82) is 5.41 Å². The lowest BCUT2D eigenvalue weighted by molar-refractivity contribution is 0.318. The first-order chi connectivity index (χ1) is 5.54. The average Bonchev–Trinajstić information content (AvgIpc) is 1.88. The zero-order valence-electron chi connectivity index (χ0n) is 8.50. The van der Waals surface area contributed by atoms with E-state index < -0.39 is 0 Å². The number of rotatable bonds is 3. The molecule has 0 radical (unpaired) electrons. The van der Waals surface area contributed by atoms with Gasteiger partial charge in [0.25, 0.3) is 0 Å². The van der Waals surface area contributed by atoms with Crippen LogP contribution in [-0.4, -0.2) is 29.8 Å². The lowest BCUT2D eigenvalue weighted by Gasteiger charge is -2.14. The molecule has 0 fully saturated rings. The summed E-state index contributed by atoms with van der Waals surface area (Å²) < 4.78 is 0. The number of nitrogens with zero attached hydrogens (tertiary/aromatic N) is 1. The smallest absolute Gasteiger partial charge is 0.0867 e. The molecule has 4 N–H and O–H groups in total. The van der Waals surface area contributed by atoms with E-state index in [1.807, 2.05) is 19.9 Å². The Kier molecular flexibility index (Phi) is 16.4. The minimum atomic E-state index is -0.198. The number of hydrogen-bond donors (Lipinski definition) is 3. The molecule has 0 bridgehead atoms. The van der Waals surface area contributed by atoms with E-state index in [1.54, 1.807) is 6.92 Å². The molecule has 13 heavy (non-hydrogen) atoms. The lowest BCUT2D eigenvalue weighted by Crippen LogP contribution is -2.20. The normalized spacial score (nSPS) is 8.69. The monoisotopic (exact) mass is 209 g/mol. The van der Waals surface area contributed by atoms with Crippen molar-refractivity contribution in [2.45, 2.75) is 32.7 Å². The Morgan fingerprint density at radius 2 is 1.92 bits per heavy atom. The molecule has 0 rings (SSSR count). The molecule has 0 saturated heterocycles. The van der Waals surface area contributed by atoms with Crippen LogP contribution in [0.25, 0.3) is 0 Å². The fourth-order valence-corrected chi connectivity index (χ4v) is 0.560. The van der Waals surface area contributed by atoms with Crippen molar-refractivity contribution in [1.82, 2.24) is 0 Å². The molecule has 0 saturated carbocycles. The Balaban J connectivity index is -0.000000220. The van der Waals surface area contributed by atoms with Gasteiger partial charge in [0.1, 0.15) is 0 Å². The lowest BCUT2D eigenvalue weighted by atomic mass is 10.0. The zero-order chi connectivity index (χ0) is 10.0. The highest BCUT2D eigenvalue weighted by Crippen LogP contribution is 2.10. The third-order valence-electron chi connectivity index (χ3n) is 1.11. The molecular formula is C8H20ClN3O. The molecule has 0 aromatic carbocycles. The largest absolute Gasteiger partial charge is 0.397 e. The van der Waals surface area contributed by atoms with Crippen LogP contribution in [0.4, 0.5) is 0 Å². The number of aliphatic hydroxyl groups excluding tert-OH is 1. The van der Waals surface area contributed by atoms with Gasteiger partial charge in [-0.25, -0.2) is 10.4 Å². The van der Waals surface area contributed by atoms with Gasteiger partial charge in [-0.3, -0.25) is 0 Å². The predicted molar refractivity (Wildman–Crippen MR) is 57.9 cm³/mol. The van der Waals surface area contributed by atoms with Gasteiger partial charge in [-0.2, -0.15) is 0 Å². The maximum absolute atomic E-state index is 7.57. The molecule has 0 amide bonds. The molecule has 0 unspecified atom stereocenters. The number of aliphatic imine (C=N–C) groups is 1. The summed E-state index contributed by atoms with van der Waals surface area (Å²) in [6, 6.07) is 2.01. The van der Waals surface area contributed by atoms with Crippen molar-refractivity contribution < 1.29 is 5.11 Å². The molecule has 80 valence electrons. The summed E-state index contributed by atoms with van der Waals surface area (Å²) in [4.78, 5) is 3.78. The molecule has 0 aromatic heterocycles. The predicted octanol–water partition coefficient (Wildman–Crippen LogP) is 1.29. The molecule has 0 spiro atoms. The first-order valence-corrected chi connectivity index (χ1v) is 3.98. The van der Waals surface area contributed by atoms with Crippen LogP contribution in [0.3, 0.4) is 0 Å². The van der Waals surface area contributed by atoms with E-state index in [0.29, 0.717) is 6.54 Å². The number of hydrogen-bond acceptors (Lipinski definition) is 4. The number of halogens is 1. The zero-order valence-corrected chi connectivity index (χ0v) is 9.32. The third-order valence-corrected chi connectivity index (χ3v) is 1.11. The minimum Gasteiger partial charge on any atom is -0.397 e. The quantitative estimate of drug-likeness (QED) is 0.612. The second-order valence-corrected chi connectivity index (χ2v) is 2.89. The number of aliphatic hydroxyl groups is 1. The van der Waals surface area contributed by atoms with E-state index >= 15 is 0 Å². The molecule has 0 aliphatic rings. The molecule has 0 aliphatic carbocycles. The maximum Gasteiger partial charge on any atom is 0.0867 e. The molecule has 0 atom stereocenters. The van der Waals surface area contributed by atoms with E-state index in [9.17, 15) is 0 Å². The van der Waals surface area contributed by atoms with Gasteiger partial charge < -0.3 is 10.8 Å². The standard InChI is InChI=1S/C6H13N3.C2H6O.ClH/c1-6(2,3-4-7)9-5-8;1-2-3;/h8H,3-4,7H2,1-2H3;3H,2H2,1H3;1H. The summed E-state index contributed by atoms with van der Waals surface area (Å²) in [6.45, 7) is 6.40. The summed E-state index contributed by atoms with van der Waals surface area (Å²) in [7, 11) is 0. The van der Waals surface area contributed by atoms with Crippen LogP contribution in [0, 0.1) is 5.41 Å². The van der Waals surface area contributed by atoms with Crippen LogP contribution in [0.5, 0.6) is 0 Å². The van der Waals surface area contributed by atoms with Gasteiger partial charge in [-0.05, 0) is 33.7 Å². The van der Waals surface area contributed by atoms with Gasteiger partial charge in [0.05, 0.1) is 11.5 Å². The Hall–Kier alpha value is -0.410. The van der Waals surface area contributed by atoms with Gasteiger partial charge >= 0.3 is 0 Å². The highest BCUT2D eigenvalue weighted by atomic mass is 35.5. The highest BCUT2D eigenvalue weighted by molar-refractivity contribution is 5.85. The van der Waals surface area contributed by atoms with Gasteiger partial charge in [0.15, 0.2) is 0 Å². The van der Waals surface area contributed by atoms with Gasteiger partial charge in [-0.15, -0.1) is 12.4 Å². The summed E-state index contributed by atoms with van der Waals surface area (Å²) in [5.74, 6) is 0. The van der Waals surface area contributed by atoms with Crippen LogP contribution >= 0.6 is 12.4 Å². The van der Waals surface area contributed by atoms with E-state index in [2.05, 4.69) is 4.99 Å². The molecule has 0 heterocycles. The van der Waals surface area contributed by atoms with Crippen LogP contribution in [-0.2, 0) is 0 Å².